The van der Waals surface area contributed by atoms with E-state index in [9.17, 15) is 5.11 Å². The molecule has 0 spiro atoms. The number of halogens is 1. The van der Waals surface area contributed by atoms with Gasteiger partial charge in [-0.2, -0.15) is 0 Å². The standard InChI is InChI=1S/C19H20ClNO2/c1-13-17(9-10-22)18-11-16(23-2)7-8-19(18)21(13)12-14-3-5-15(20)6-4-14/h3-8,11,22H,9-10,12H2,1-2H3. The topological polar surface area (TPSA) is 34.4 Å². The Morgan fingerprint density at radius 2 is 1.87 bits per heavy atom. The molecule has 0 aliphatic heterocycles. The number of ether oxygens (including phenoxy) is 1. The van der Waals surface area contributed by atoms with Gasteiger partial charge in [0.2, 0.25) is 0 Å². The molecule has 0 amide bonds. The quantitative estimate of drug-likeness (QED) is 0.761. The maximum absolute atomic E-state index is 9.40. The van der Waals surface area contributed by atoms with Crippen LogP contribution >= 0.6 is 11.6 Å². The number of rotatable bonds is 5. The third-order valence-electron chi connectivity index (χ3n) is 4.28. The van der Waals surface area contributed by atoms with Gasteiger partial charge in [0.05, 0.1) is 7.11 Å². The molecule has 2 aromatic carbocycles. The highest BCUT2D eigenvalue weighted by molar-refractivity contribution is 6.30. The summed E-state index contributed by atoms with van der Waals surface area (Å²) in [5.74, 6) is 0.834. The van der Waals surface area contributed by atoms with E-state index in [0.29, 0.717) is 6.42 Å². The van der Waals surface area contributed by atoms with E-state index in [1.54, 1.807) is 7.11 Å². The molecule has 0 saturated carbocycles. The van der Waals surface area contributed by atoms with Gasteiger partial charge >= 0.3 is 0 Å². The van der Waals surface area contributed by atoms with Crippen LogP contribution in [0.4, 0.5) is 0 Å². The van der Waals surface area contributed by atoms with E-state index < -0.39 is 0 Å². The molecule has 0 aliphatic carbocycles. The van der Waals surface area contributed by atoms with Crippen LogP contribution in [-0.2, 0) is 13.0 Å². The summed E-state index contributed by atoms with van der Waals surface area (Å²) >= 11 is 5.97. The van der Waals surface area contributed by atoms with Crippen molar-refractivity contribution in [1.29, 1.82) is 0 Å². The number of hydrogen-bond donors (Lipinski definition) is 1. The van der Waals surface area contributed by atoms with E-state index in [4.69, 9.17) is 16.3 Å². The van der Waals surface area contributed by atoms with Gasteiger partial charge in [-0.15, -0.1) is 0 Å². The van der Waals surface area contributed by atoms with Gasteiger partial charge in [0.15, 0.2) is 0 Å². The van der Waals surface area contributed by atoms with Crippen molar-refractivity contribution in [2.45, 2.75) is 19.9 Å². The van der Waals surface area contributed by atoms with Crippen molar-refractivity contribution in [3.05, 3.63) is 64.3 Å². The average molecular weight is 330 g/mol. The second-order valence-electron chi connectivity index (χ2n) is 5.63. The molecule has 4 heteroatoms. The van der Waals surface area contributed by atoms with Gasteiger partial charge < -0.3 is 14.4 Å². The van der Waals surface area contributed by atoms with Crippen molar-refractivity contribution in [2.75, 3.05) is 13.7 Å². The molecule has 3 rings (SSSR count). The van der Waals surface area contributed by atoms with E-state index in [2.05, 4.69) is 17.6 Å². The Balaban J connectivity index is 2.11. The van der Waals surface area contributed by atoms with Gasteiger partial charge in [0.25, 0.3) is 0 Å². The Hall–Kier alpha value is -1.97. The van der Waals surface area contributed by atoms with Crippen LogP contribution in [0.3, 0.4) is 0 Å². The molecule has 23 heavy (non-hydrogen) atoms. The lowest BCUT2D eigenvalue weighted by atomic mass is 10.1. The van der Waals surface area contributed by atoms with Gasteiger partial charge in [0.1, 0.15) is 5.75 Å². The van der Waals surface area contributed by atoms with Crippen molar-refractivity contribution in [2.24, 2.45) is 0 Å². The van der Waals surface area contributed by atoms with Gasteiger partial charge in [-0.3, -0.25) is 0 Å². The summed E-state index contributed by atoms with van der Waals surface area (Å²) in [7, 11) is 1.67. The van der Waals surface area contributed by atoms with Crippen molar-refractivity contribution >= 4 is 22.5 Å². The molecule has 0 bridgehead atoms. The molecule has 1 aromatic heterocycles. The number of nitrogens with zero attached hydrogens (tertiary/aromatic N) is 1. The highest BCUT2D eigenvalue weighted by Crippen LogP contribution is 2.30. The zero-order valence-electron chi connectivity index (χ0n) is 13.3. The maximum Gasteiger partial charge on any atom is 0.119 e. The zero-order chi connectivity index (χ0) is 16.4. The average Bonchev–Trinajstić information content (AvgIpc) is 2.82. The van der Waals surface area contributed by atoms with Crippen LogP contribution in [0.5, 0.6) is 5.75 Å². The predicted octanol–water partition coefficient (Wildman–Crippen LogP) is 4.19. The molecule has 0 atom stereocenters. The first-order valence-electron chi connectivity index (χ1n) is 7.65. The second-order valence-corrected chi connectivity index (χ2v) is 6.07. The lowest BCUT2D eigenvalue weighted by Crippen LogP contribution is -2.03. The van der Waals surface area contributed by atoms with Crippen LogP contribution < -0.4 is 4.74 Å². The Labute approximate surface area is 141 Å². The number of hydrogen-bond acceptors (Lipinski definition) is 2. The van der Waals surface area contributed by atoms with Crippen LogP contribution in [0.2, 0.25) is 5.02 Å². The highest BCUT2D eigenvalue weighted by Gasteiger charge is 2.14. The number of aliphatic hydroxyl groups is 1. The van der Waals surface area contributed by atoms with Crippen LogP contribution in [0, 0.1) is 6.92 Å². The van der Waals surface area contributed by atoms with E-state index in [1.165, 1.54) is 16.8 Å². The fourth-order valence-corrected chi connectivity index (χ4v) is 3.19. The minimum atomic E-state index is 0.137. The lowest BCUT2D eigenvalue weighted by Gasteiger charge is -2.09. The molecule has 1 N–H and O–H groups in total. The minimum Gasteiger partial charge on any atom is -0.497 e. The molecule has 0 fully saturated rings. The molecule has 1 heterocycles. The van der Waals surface area contributed by atoms with Crippen LogP contribution in [-0.4, -0.2) is 23.4 Å². The summed E-state index contributed by atoms with van der Waals surface area (Å²) < 4.78 is 7.63. The van der Waals surface area contributed by atoms with Crippen LogP contribution in [0.15, 0.2) is 42.5 Å². The normalized spacial score (nSPS) is 11.1. The van der Waals surface area contributed by atoms with Crippen LogP contribution in [0.1, 0.15) is 16.8 Å². The SMILES string of the molecule is COc1ccc2c(c1)c(CCO)c(C)n2Cc1ccc(Cl)cc1. The summed E-state index contributed by atoms with van der Waals surface area (Å²) in [5, 5.41) is 11.3. The number of aromatic nitrogens is 1. The number of aliphatic hydroxyl groups excluding tert-OH is 1. The summed E-state index contributed by atoms with van der Waals surface area (Å²) in [5.41, 5.74) is 4.70. The highest BCUT2D eigenvalue weighted by atomic mass is 35.5. The monoisotopic (exact) mass is 329 g/mol. The fourth-order valence-electron chi connectivity index (χ4n) is 3.06. The van der Waals surface area contributed by atoms with Crippen molar-refractivity contribution in [3.8, 4) is 5.75 Å². The van der Waals surface area contributed by atoms with E-state index in [-0.39, 0.29) is 6.61 Å². The number of benzene rings is 2. The molecular formula is C19H20ClNO2. The zero-order valence-corrected chi connectivity index (χ0v) is 14.1. The van der Waals surface area contributed by atoms with E-state index in [1.807, 2.05) is 36.4 Å². The number of methoxy groups -OCH3 is 1. The minimum absolute atomic E-state index is 0.137. The molecule has 0 aliphatic rings. The van der Waals surface area contributed by atoms with E-state index >= 15 is 0 Å². The summed E-state index contributed by atoms with van der Waals surface area (Å²) in [6.07, 6.45) is 0.642. The van der Waals surface area contributed by atoms with Crippen molar-refractivity contribution in [1.82, 2.24) is 4.57 Å². The molecule has 0 saturated heterocycles. The molecule has 3 nitrogen and oxygen atoms in total. The van der Waals surface area contributed by atoms with Crippen molar-refractivity contribution < 1.29 is 9.84 Å². The molecule has 0 unspecified atom stereocenters. The van der Waals surface area contributed by atoms with Gasteiger partial charge in [-0.1, -0.05) is 23.7 Å². The third-order valence-corrected chi connectivity index (χ3v) is 4.53. The maximum atomic E-state index is 9.40. The van der Waals surface area contributed by atoms with Crippen LogP contribution in [0.25, 0.3) is 10.9 Å². The Kier molecular flexibility index (Phi) is 4.60. The summed E-state index contributed by atoms with van der Waals surface area (Å²) in [4.78, 5) is 0. The molecule has 120 valence electrons. The lowest BCUT2D eigenvalue weighted by molar-refractivity contribution is 0.299. The van der Waals surface area contributed by atoms with E-state index in [0.717, 1.165) is 28.2 Å². The first-order valence-corrected chi connectivity index (χ1v) is 8.03. The Morgan fingerprint density at radius 1 is 1.13 bits per heavy atom. The first kappa shape index (κ1) is 15.9. The fraction of sp³-hybridized carbons (Fsp3) is 0.263. The third kappa shape index (κ3) is 3.07. The number of fused-ring (bicyclic) bond motifs is 1. The first-order chi connectivity index (χ1) is 11.1. The molecule has 0 radical (unpaired) electrons. The second kappa shape index (κ2) is 6.65. The Morgan fingerprint density at radius 3 is 2.52 bits per heavy atom. The van der Waals surface area contributed by atoms with Crippen molar-refractivity contribution in [3.63, 3.8) is 0 Å². The molecule has 3 aromatic rings. The summed E-state index contributed by atoms with van der Waals surface area (Å²) in [6, 6.07) is 14.0. The molecular weight excluding hydrogens is 310 g/mol. The smallest absolute Gasteiger partial charge is 0.119 e. The largest absolute Gasteiger partial charge is 0.497 e. The predicted molar refractivity (Wildman–Crippen MR) is 94.6 cm³/mol. The Bertz CT molecular complexity index is 821. The summed E-state index contributed by atoms with van der Waals surface area (Å²) in [6.45, 7) is 3.02. The van der Waals surface area contributed by atoms with Gasteiger partial charge in [0, 0.05) is 34.8 Å². The van der Waals surface area contributed by atoms with Gasteiger partial charge in [-0.25, -0.2) is 0 Å². The van der Waals surface area contributed by atoms with Gasteiger partial charge in [-0.05, 0) is 54.8 Å².